The highest BCUT2D eigenvalue weighted by Gasteiger charge is 1.94. The maximum absolute atomic E-state index is 10.0. The molecule has 0 amide bonds. The minimum absolute atomic E-state index is 0.756. The molecule has 0 aromatic rings. The fraction of sp³-hybridized carbons (Fsp3) is 0.900. The van der Waals surface area contributed by atoms with E-state index in [0.29, 0.717) is 0 Å². The van der Waals surface area contributed by atoms with E-state index in [-0.39, 0.29) is 0 Å². The number of hydrogen-bond acceptors (Lipinski definition) is 2. The van der Waals surface area contributed by atoms with Gasteiger partial charge in [-0.25, -0.2) is 0 Å². The van der Waals surface area contributed by atoms with Crippen molar-refractivity contribution in [3.05, 3.63) is 0 Å². The quantitative estimate of drug-likeness (QED) is 0.161. The van der Waals surface area contributed by atoms with Gasteiger partial charge in [0.1, 0.15) is 0 Å². The molecule has 22 heavy (non-hydrogen) atoms. The van der Waals surface area contributed by atoms with Gasteiger partial charge in [-0.1, -0.05) is 103 Å². The Balaban J connectivity index is 2.97. The second-order valence-electron chi connectivity index (χ2n) is 6.49. The molecular formula is C20H39NO. The van der Waals surface area contributed by atoms with Crippen molar-refractivity contribution >= 4 is 12.5 Å². The van der Waals surface area contributed by atoms with Crippen LogP contribution in [0.25, 0.3) is 0 Å². The predicted octanol–water partition coefficient (Wildman–Crippen LogP) is 6.52. The molecule has 0 aromatic carbocycles. The number of rotatable bonds is 18. The van der Waals surface area contributed by atoms with Crippen LogP contribution in [0, 0.1) is 0 Å². The first kappa shape index (κ1) is 21.3. The number of aldehydes is 1. The Morgan fingerprint density at radius 2 is 0.955 bits per heavy atom. The fourth-order valence-electron chi connectivity index (χ4n) is 2.87. The molecule has 0 N–H and O–H groups in total. The van der Waals surface area contributed by atoms with Crippen LogP contribution < -0.4 is 0 Å². The van der Waals surface area contributed by atoms with Crippen molar-refractivity contribution in [3.63, 3.8) is 0 Å². The van der Waals surface area contributed by atoms with E-state index in [1.807, 2.05) is 0 Å². The van der Waals surface area contributed by atoms with Crippen LogP contribution in [0.15, 0.2) is 4.99 Å². The molecule has 0 saturated carbocycles. The number of carbonyl (C=O) groups excluding carboxylic acids is 1. The molecule has 2 heteroatoms. The average molecular weight is 310 g/mol. The summed E-state index contributed by atoms with van der Waals surface area (Å²) < 4.78 is 0. The second-order valence-corrected chi connectivity index (χ2v) is 6.49. The number of unbranched alkanes of at least 4 members (excludes halogenated alkanes) is 15. The van der Waals surface area contributed by atoms with E-state index in [2.05, 4.69) is 11.9 Å². The Bertz CT molecular complexity index is 238. The van der Waals surface area contributed by atoms with Gasteiger partial charge in [-0.2, -0.15) is 0 Å². The second kappa shape index (κ2) is 20.3. The van der Waals surface area contributed by atoms with Crippen LogP contribution in [0.1, 0.15) is 110 Å². The highest BCUT2D eigenvalue weighted by atomic mass is 16.1. The molecule has 0 fully saturated rings. The summed E-state index contributed by atoms with van der Waals surface area (Å²) in [5.74, 6) is 0. The van der Waals surface area contributed by atoms with Crippen LogP contribution in [-0.2, 0) is 4.79 Å². The van der Waals surface area contributed by atoms with Gasteiger partial charge in [0.2, 0.25) is 0 Å². The topological polar surface area (TPSA) is 29.4 Å². The first-order valence-electron chi connectivity index (χ1n) is 9.85. The molecule has 130 valence electrons. The van der Waals surface area contributed by atoms with E-state index < -0.39 is 0 Å². The summed E-state index contributed by atoms with van der Waals surface area (Å²) in [5.41, 5.74) is 0. The van der Waals surface area contributed by atoms with Crippen molar-refractivity contribution in [1.29, 1.82) is 0 Å². The number of hydrogen-bond donors (Lipinski definition) is 0. The third-order valence-electron chi connectivity index (χ3n) is 4.31. The summed E-state index contributed by atoms with van der Waals surface area (Å²) >= 11 is 0. The van der Waals surface area contributed by atoms with Gasteiger partial charge >= 0.3 is 0 Å². The smallest absolute Gasteiger partial charge is 0.160 e. The van der Waals surface area contributed by atoms with E-state index in [4.69, 9.17) is 0 Å². The molecule has 0 aromatic heterocycles. The van der Waals surface area contributed by atoms with E-state index >= 15 is 0 Å². The van der Waals surface area contributed by atoms with Crippen molar-refractivity contribution in [1.82, 2.24) is 0 Å². The van der Waals surface area contributed by atoms with Gasteiger partial charge in [0, 0.05) is 6.54 Å². The zero-order valence-corrected chi connectivity index (χ0v) is 15.0. The molecule has 0 unspecified atom stereocenters. The molecule has 0 saturated heterocycles. The average Bonchev–Trinajstić information content (AvgIpc) is 2.54. The summed E-state index contributed by atoms with van der Waals surface area (Å²) in [5, 5.41) is 0. The molecule has 0 rings (SSSR count). The van der Waals surface area contributed by atoms with Crippen molar-refractivity contribution in [2.45, 2.75) is 110 Å². The minimum atomic E-state index is 0.756. The highest BCUT2D eigenvalue weighted by Crippen LogP contribution is 2.13. The SMILES string of the molecule is CCCCCCCCCCCCCCCCCCN=CC=O. The Hall–Kier alpha value is -0.660. The third kappa shape index (κ3) is 19.3. The lowest BCUT2D eigenvalue weighted by Crippen LogP contribution is -1.85. The largest absolute Gasteiger partial charge is 0.297 e. The lowest BCUT2D eigenvalue weighted by Gasteiger charge is -2.03. The van der Waals surface area contributed by atoms with Gasteiger partial charge in [0.15, 0.2) is 6.29 Å². The molecule has 0 atom stereocenters. The molecule has 0 aliphatic heterocycles. The first-order chi connectivity index (χ1) is 10.9. The Labute approximate surface area is 139 Å². The molecule has 0 aliphatic carbocycles. The van der Waals surface area contributed by atoms with Crippen molar-refractivity contribution in [2.24, 2.45) is 4.99 Å². The fourth-order valence-corrected chi connectivity index (χ4v) is 2.87. The van der Waals surface area contributed by atoms with Gasteiger partial charge in [-0.15, -0.1) is 0 Å². The van der Waals surface area contributed by atoms with Crippen molar-refractivity contribution in [3.8, 4) is 0 Å². The molecular weight excluding hydrogens is 270 g/mol. The predicted molar refractivity (Wildman–Crippen MR) is 99.0 cm³/mol. The van der Waals surface area contributed by atoms with Crippen LogP contribution >= 0.6 is 0 Å². The summed E-state index contributed by atoms with van der Waals surface area (Å²) in [6.07, 6.45) is 24.4. The van der Waals surface area contributed by atoms with Gasteiger partial charge in [0.05, 0.1) is 6.21 Å². The van der Waals surface area contributed by atoms with E-state index in [1.165, 1.54) is 103 Å². The Morgan fingerprint density at radius 3 is 1.32 bits per heavy atom. The zero-order valence-electron chi connectivity index (χ0n) is 15.0. The van der Waals surface area contributed by atoms with Crippen molar-refractivity contribution in [2.75, 3.05) is 6.54 Å². The summed E-state index contributed by atoms with van der Waals surface area (Å²) in [4.78, 5) is 14.0. The van der Waals surface area contributed by atoms with E-state index in [0.717, 1.165) is 19.3 Å². The molecule has 0 radical (unpaired) electrons. The van der Waals surface area contributed by atoms with Crippen molar-refractivity contribution < 1.29 is 4.79 Å². The molecule has 0 spiro atoms. The van der Waals surface area contributed by atoms with Gasteiger partial charge in [-0.3, -0.25) is 9.79 Å². The van der Waals surface area contributed by atoms with Crippen LogP contribution in [0.4, 0.5) is 0 Å². The highest BCUT2D eigenvalue weighted by molar-refractivity contribution is 6.12. The molecule has 2 nitrogen and oxygen atoms in total. The molecule has 0 bridgehead atoms. The molecule has 0 heterocycles. The Kier molecular flexibility index (Phi) is 19.7. The number of nitrogens with zero attached hydrogens (tertiary/aromatic N) is 1. The van der Waals surface area contributed by atoms with Gasteiger partial charge < -0.3 is 0 Å². The Morgan fingerprint density at radius 1 is 0.591 bits per heavy atom. The maximum atomic E-state index is 10.0. The summed E-state index contributed by atoms with van der Waals surface area (Å²) in [7, 11) is 0. The lowest BCUT2D eigenvalue weighted by molar-refractivity contribution is -0.102. The summed E-state index contributed by atoms with van der Waals surface area (Å²) in [6, 6.07) is 0. The third-order valence-corrected chi connectivity index (χ3v) is 4.31. The molecule has 0 aliphatic rings. The lowest BCUT2D eigenvalue weighted by atomic mass is 10.0. The number of aliphatic imine (C=N–C) groups is 1. The van der Waals surface area contributed by atoms with Crippen LogP contribution in [-0.4, -0.2) is 19.0 Å². The van der Waals surface area contributed by atoms with Crippen LogP contribution in [0.5, 0.6) is 0 Å². The summed E-state index contributed by atoms with van der Waals surface area (Å²) in [6.45, 7) is 3.10. The van der Waals surface area contributed by atoms with Gasteiger partial charge in [-0.05, 0) is 6.42 Å². The van der Waals surface area contributed by atoms with Crippen LogP contribution in [0.3, 0.4) is 0 Å². The monoisotopic (exact) mass is 309 g/mol. The van der Waals surface area contributed by atoms with E-state index in [1.54, 1.807) is 0 Å². The minimum Gasteiger partial charge on any atom is -0.297 e. The zero-order chi connectivity index (χ0) is 16.1. The maximum Gasteiger partial charge on any atom is 0.160 e. The normalized spacial score (nSPS) is 11.3. The first-order valence-corrected chi connectivity index (χ1v) is 9.85. The van der Waals surface area contributed by atoms with Crippen LogP contribution in [0.2, 0.25) is 0 Å². The van der Waals surface area contributed by atoms with Gasteiger partial charge in [0.25, 0.3) is 0 Å². The number of carbonyl (C=O) groups is 1. The standard InChI is InChI=1S/C20H39NO/c1-2-3-4-5-6-7-8-9-10-11-12-13-14-15-16-17-18-21-19-20-22/h19-20H,2-18H2,1H3. The van der Waals surface area contributed by atoms with E-state index in [9.17, 15) is 4.79 Å².